The second kappa shape index (κ2) is 6.91. The largest absolute Gasteiger partial charge is 0.490 e. The first-order valence-corrected chi connectivity index (χ1v) is 7.34. The smallest absolute Gasteiger partial charge is 0.326 e. The molecule has 0 bridgehead atoms. The normalized spacial score (nSPS) is 24.8. The number of benzene rings is 1. The van der Waals surface area contributed by atoms with Gasteiger partial charge in [0.15, 0.2) is 0 Å². The number of methoxy groups -OCH3 is 1. The Morgan fingerprint density at radius 2 is 2.24 bits per heavy atom. The van der Waals surface area contributed by atoms with E-state index in [1.165, 1.54) is 7.11 Å². The molecule has 0 spiro atoms. The van der Waals surface area contributed by atoms with E-state index >= 15 is 0 Å². The molecule has 0 heterocycles. The Labute approximate surface area is 125 Å². The van der Waals surface area contributed by atoms with Crippen molar-refractivity contribution in [2.24, 2.45) is 0 Å². The fourth-order valence-electron chi connectivity index (χ4n) is 2.98. The molecule has 2 N–H and O–H groups in total. The number of hydrogen-bond acceptors (Lipinski definition) is 5. The minimum atomic E-state index is -0.650. The predicted octanol–water partition coefficient (Wildman–Crippen LogP) is 1.63. The lowest BCUT2D eigenvalue weighted by atomic mass is 9.97. The third kappa shape index (κ3) is 3.36. The molecule has 1 aliphatic carbocycles. The third-order valence-electron chi connectivity index (χ3n) is 4.00. The number of likely N-dealkylation sites (N-methyl/N-ethyl adjacent to an activating group) is 1. The van der Waals surface area contributed by atoms with Crippen LogP contribution in [0.25, 0.3) is 0 Å². The number of esters is 1. The van der Waals surface area contributed by atoms with E-state index in [0.29, 0.717) is 25.1 Å². The van der Waals surface area contributed by atoms with Crippen LogP contribution in [0.4, 0.5) is 0 Å². The molecule has 1 fully saturated rings. The van der Waals surface area contributed by atoms with Gasteiger partial charge in [0, 0.05) is 12.0 Å². The highest BCUT2D eigenvalue weighted by atomic mass is 16.5. The molecule has 0 amide bonds. The van der Waals surface area contributed by atoms with E-state index in [2.05, 4.69) is 5.32 Å². The Kier molecular flexibility index (Phi) is 5.20. The lowest BCUT2D eigenvalue weighted by Crippen LogP contribution is -2.51. The van der Waals surface area contributed by atoms with Gasteiger partial charge in [-0.15, -0.1) is 0 Å². The fraction of sp³-hybridized carbons (Fsp3) is 0.562. The number of para-hydroxylation sites is 1. The summed E-state index contributed by atoms with van der Waals surface area (Å²) in [5.74, 6) is 0.452. The molecule has 0 aliphatic heterocycles. The van der Waals surface area contributed by atoms with Gasteiger partial charge in [0.25, 0.3) is 0 Å². The fourth-order valence-corrected chi connectivity index (χ4v) is 2.98. The van der Waals surface area contributed by atoms with Gasteiger partial charge in [-0.1, -0.05) is 25.1 Å². The van der Waals surface area contributed by atoms with Gasteiger partial charge in [-0.2, -0.15) is 0 Å². The Hall–Kier alpha value is -1.59. The van der Waals surface area contributed by atoms with Crippen molar-refractivity contribution >= 4 is 5.97 Å². The molecule has 0 aromatic heterocycles. The molecule has 1 saturated carbocycles. The average Bonchev–Trinajstić information content (AvgIpc) is 2.91. The molecule has 2 rings (SSSR count). The third-order valence-corrected chi connectivity index (χ3v) is 4.00. The second-order valence-electron chi connectivity index (χ2n) is 5.35. The average molecular weight is 293 g/mol. The summed E-state index contributed by atoms with van der Waals surface area (Å²) in [4.78, 5) is 12.1. The number of aliphatic hydroxyl groups excluding tert-OH is 1. The van der Waals surface area contributed by atoms with Crippen molar-refractivity contribution in [1.29, 1.82) is 0 Å². The van der Waals surface area contributed by atoms with Gasteiger partial charge in [0.05, 0.1) is 13.7 Å². The molecule has 2 unspecified atom stereocenters. The lowest BCUT2D eigenvalue weighted by Gasteiger charge is -2.27. The molecule has 5 nitrogen and oxygen atoms in total. The molecule has 0 saturated heterocycles. The number of aliphatic hydroxyl groups is 1. The van der Waals surface area contributed by atoms with Gasteiger partial charge >= 0.3 is 5.97 Å². The summed E-state index contributed by atoms with van der Waals surface area (Å²) < 4.78 is 10.9. The molecule has 5 heteroatoms. The summed E-state index contributed by atoms with van der Waals surface area (Å²) in [6.45, 7) is 2.62. The van der Waals surface area contributed by atoms with E-state index in [1.807, 2.05) is 31.2 Å². The molecule has 1 aromatic carbocycles. The maximum absolute atomic E-state index is 12.1. The topological polar surface area (TPSA) is 67.8 Å². The van der Waals surface area contributed by atoms with Crippen molar-refractivity contribution in [1.82, 2.24) is 5.32 Å². The van der Waals surface area contributed by atoms with Crippen LogP contribution in [0.5, 0.6) is 5.75 Å². The maximum atomic E-state index is 12.1. The van der Waals surface area contributed by atoms with Crippen LogP contribution in [0, 0.1) is 0 Å². The molecule has 2 atom stereocenters. The van der Waals surface area contributed by atoms with E-state index < -0.39 is 5.54 Å². The number of nitrogens with one attached hydrogen (secondary N) is 1. The summed E-state index contributed by atoms with van der Waals surface area (Å²) in [5, 5.41) is 12.6. The van der Waals surface area contributed by atoms with Crippen molar-refractivity contribution in [2.75, 3.05) is 13.7 Å². The number of hydrogen-bond donors (Lipinski definition) is 2. The van der Waals surface area contributed by atoms with E-state index in [9.17, 15) is 9.90 Å². The Morgan fingerprint density at radius 1 is 1.48 bits per heavy atom. The summed E-state index contributed by atoms with van der Waals surface area (Å²) in [6.07, 6.45) is 1.99. The van der Waals surface area contributed by atoms with Gasteiger partial charge in [-0.05, 0) is 25.5 Å². The first-order chi connectivity index (χ1) is 10.1. The van der Waals surface area contributed by atoms with Crippen molar-refractivity contribution in [3.8, 4) is 5.75 Å². The number of rotatable bonds is 6. The maximum Gasteiger partial charge on any atom is 0.326 e. The minimum Gasteiger partial charge on any atom is -0.490 e. The van der Waals surface area contributed by atoms with Crippen LogP contribution in [0.15, 0.2) is 24.3 Å². The molecule has 1 aliphatic rings. The van der Waals surface area contributed by atoms with Crippen LogP contribution < -0.4 is 10.1 Å². The van der Waals surface area contributed by atoms with E-state index in [1.54, 1.807) is 0 Å². The lowest BCUT2D eigenvalue weighted by molar-refractivity contribution is -0.148. The highest BCUT2D eigenvalue weighted by Crippen LogP contribution is 2.34. The monoisotopic (exact) mass is 293 g/mol. The summed E-state index contributed by atoms with van der Waals surface area (Å²) in [6, 6.07) is 7.42. The quantitative estimate of drug-likeness (QED) is 0.780. The highest BCUT2D eigenvalue weighted by Gasteiger charge is 2.46. The first kappa shape index (κ1) is 15.8. The van der Waals surface area contributed by atoms with Crippen LogP contribution >= 0.6 is 0 Å². The molecular formula is C16H23NO4. The predicted molar refractivity (Wildman–Crippen MR) is 79.1 cm³/mol. The van der Waals surface area contributed by atoms with Gasteiger partial charge in [-0.25, -0.2) is 0 Å². The van der Waals surface area contributed by atoms with E-state index in [4.69, 9.17) is 9.47 Å². The van der Waals surface area contributed by atoms with Gasteiger partial charge in [0.1, 0.15) is 17.4 Å². The van der Waals surface area contributed by atoms with Crippen molar-refractivity contribution in [2.45, 2.75) is 44.4 Å². The Bertz CT molecular complexity index is 491. The zero-order chi connectivity index (χ0) is 15.3. The molecule has 116 valence electrons. The summed E-state index contributed by atoms with van der Waals surface area (Å²) in [5.41, 5.74) is 0.110. The van der Waals surface area contributed by atoms with Crippen LogP contribution in [-0.2, 0) is 16.1 Å². The standard InChI is InChI=1S/C16H23NO4/c1-3-17-16(15(19)20-2)9-8-13(10-16)21-14-7-5-4-6-12(14)11-18/h4-7,13,17-18H,3,8-11H2,1-2H3. The molecule has 0 radical (unpaired) electrons. The Balaban J connectivity index is 2.09. The zero-order valence-electron chi connectivity index (χ0n) is 12.6. The second-order valence-corrected chi connectivity index (χ2v) is 5.35. The van der Waals surface area contributed by atoms with Crippen molar-refractivity contribution in [3.05, 3.63) is 29.8 Å². The molecule has 1 aromatic rings. The van der Waals surface area contributed by atoms with Crippen LogP contribution in [0.2, 0.25) is 0 Å². The molecular weight excluding hydrogens is 270 g/mol. The van der Waals surface area contributed by atoms with Crippen LogP contribution in [0.3, 0.4) is 0 Å². The first-order valence-electron chi connectivity index (χ1n) is 7.34. The van der Waals surface area contributed by atoms with Crippen molar-refractivity contribution in [3.63, 3.8) is 0 Å². The van der Waals surface area contributed by atoms with Crippen molar-refractivity contribution < 1.29 is 19.4 Å². The van der Waals surface area contributed by atoms with E-state index in [-0.39, 0.29) is 18.7 Å². The number of ether oxygens (including phenoxy) is 2. The van der Waals surface area contributed by atoms with E-state index in [0.717, 1.165) is 12.0 Å². The number of carbonyl (C=O) groups excluding carboxylic acids is 1. The zero-order valence-corrected chi connectivity index (χ0v) is 12.6. The van der Waals surface area contributed by atoms with Gasteiger partial charge in [-0.3, -0.25) is 4.79 Å². The molecule has 21 heavy (non-hydrogen) atoms. The van der Waals surface area contributed by atoms with Gasteiger partial charge in [0.2, 0.25) is 0 Å². The Morgan fingerprint density at radius 3 is 2.90 bits per heavy atom. The summed E-state index contributed by atoms with van der Waals surface area (Å²) in [7, 11) is 1.41. The SMILES string of the molecule is CCNC1(C(=O)OC)CCC(Oc2ccccc2CO)C1. The minimum absolute atomic E-state index is 0.0573. The van der Waals surface area contributed by atoms with Gasteiger partial charge < -0.3 is 19.9 Å². The number of carbonyl (C=O) groups is 1. The highest BCUT2D eigenvalue weighted by molar-refractivity contribution is 5.81. The van der Waals surface area contributed by atoms with Crippen LogP contribution in [-0.4, -0.2) is 36.4 Å². The van der Waals surface area contributed by atoms with Crippen LogP contribution in [0.1, 0.15) is 31.7 Å². The summed E-state index contributed by atoms with van der Waals surface area (Å²) >= 11 is 0.